The van der Waals surface area contributed by atoms with Gasteiger partial charge in [0.25, 0.3) is 0 Å². The lowest BCUT2D eigenvalue weighted by Gasteiger charge is -2.29. The Bertz CT molecular complexity index is 331. The molecule has 88 valence electrons. The first kappa shape index (κ1) is 11.6. The number of hydrogen-bond acceptors (Lipinski definition) is 1. The van der Waals surface area contributed by atoms with E-state index in [1.54, 1.807) is 12.1 Å². The molecule has 16 heavy (non-hydrogen) atoms. The fourth-order valence-corrected chi connectivity index (χ4v) is 2.50. The molecule has 1 heterocycles. The van der Waals surface area contributed by atoms with E-state index in [0.29, 0.717) is 5.92 Å². The lowest BCUT2D eigenvalue weighted by atomic mass is 9.99. The van der Waals surface area contributed by atoms with Crippen LogP contribution in [0.1, 0.15) is 37.7 Å². The second-order valence-electron chi connectivity index (χ2n) is 4.78. The summed E-state index contributed by atoms with van der Waals surface area (Å²) in [6.07, 6.45) is 3.94. The third-order valence-electron chi connectivity index (χ3n) is 3.42. The number of piperidine rings is 1. The Balaban J connectivity index is 1.96. The minimum absolute atomic E-state index is 0.0630. The highest BCUT2D eigenvalue weighted by molar-refractivity contribution is 5.21. The van der Waals surface area contributed by atoms with Crippen LogP contribution in [0.2, 0.25) is 0 Å². The molecule has 0 N–H and O–H groups in total. The highest BCUT2D eigenvalue weighted by Gasteiger charge is 2.16. The largest absolute Gasteiger partial charge is 0.303 e. The third-order valence-corrected chi connectivity index (χ3v) is 3.42. The van der Waals surface area contributed by atoms with E-state index in [-0.39, 0.29) is 5.82 Å². The number of hydrogen-bond donors (Lipinski definition) is 0. The number of nitrogens with zero attached hydrogens (tertiary/aromatic N) is 1. The van der Waals surface area contributed by atoms with Crippen molar-refractivity contribution in [1.82, 2.24) is 4.90 Å². The van der Waals surface area contributed by atoms with Crippen LogP contribution in [0.4, 0.5) is 4.39 Å². The molecule has 1 saturated heterocycles. The van der Waals surface area contributed by atoms with Crippen molar-refractivity contribution in [3.05, 3.63) is 35.6 Å². The molecule has 1 aliphatic heterocycles. The zero-order valence-electron chi connectivity index (χ0n) is 9.95. The molecule has 0 radical (unpaired) electrons. The van der Waals surface area contributed by atoms with Gasteiger partial charge in [0.2, 0.25) is 0 Å². The van der Waals surface area contributed by atoms with Crippen molar-refractivity contribution >= 4 is 0 Å². The fraction of sp³-hybridized carbons (Fsp3) is 0.571. The minimum Gasteiger partial charge on any atom is -0.303 e. The minimum atomic E-state index is -0.0630. The molecule has 1 nitrogen and oxygen atoms in total. The summed E-state index contributed by atoms with van der Waals surface area (Å²) in [6.45, 7) is 5.46. The molecule has 2 rings (SSSR count). The normalized spacial score (nSPS) is 19.6. The van der Waals surface area contributed by atoms with Crippen LogP contribution >= 0.6 is 0 Å². The summed E-state index contributed by atoms with van der Waals surface area (Å²) < 4.78 is 13.6. The zero-order valence-corrected chi connectivity index (χ0v) is 9.95. The van der Waals surface area contributed by atoms with Crippen molar-refractivity contribution in [2.75, 3.05) is 19.6 Å². The van der Waals surface area contributed by atoms with E-state index in [0.717, 1.165) is 12.1 Å². The quantitative estimate of drug-likeness (QED) is 0.756. The summed E-state index contributed by atoms with van der Waals surface area (Å²) in [6, 6.07) is 7.14. The first-order valence-corrected chi connectivity index (χ1v) is 6.24. The topological polar surface area (TPSA) is 3.24 Å². The molecule has 1 unspecified atom stereocenters. The molecule has 1 aromatic rings. The van der Waals surface area contributed by atoms with E-state index in [9.17, 15) is 4.39 Å². The molecule has 2 heteroatoms. The SMILES string of the molecule is CC(CN1CCCCC1)c1ccccc1F. The Kier molecular flexibility index (Phi) is 3.94. The number of rotatable bonds is 3. The van der Waals surface area contributed by atoms with Gasteiger partial charge in [-0.3, -0.25) is 0 Å². The molecule has 0 bridgehead atoms. The van der Waals surface area contributed by atoms with Crippen LogP contribution in [-0.4, -0.2) is 24.5 Å². The highest BCUT2D eigenvalue weighted by Crippen LogP contribution is 2.21. The van der Waals surface area contributed by atoms with Crippen LogP contribution in [-0.2, 0) is 0 Å². The van der Waals surface area contributed by atoms with E-state index in [1.807, 2.05) is 12.1 Å². The van der Waals surface area contributed by atoms with Crippen LogP contribution < -0.4 is 0 Å². The van der Waals surface area contributed by atoms with Gasteiger partial charge in [0.05, 0.1) is 0 Å². The average molecular weight is 221 g/mol. The van der Waals surface area contributed by atoms with Gasteiger partial charge in [-0.15, -0.1) is 0 Å². The van der Waals surface area contributed by atoms with Crippen molar-refractivity contribution in [2.45, 2.75) is 32.1 Å². The molecule has 1 aromatic carbocycles. The maximum Gasteiger partial charge on any atom is 0.126 e. The summed E-state index contributed by atoms with van der Waals surface area (Å²) in [7, 11) is 0. The van der Waals surface area contributed by atoms with Gasteiger partial charge in [0.1, 0.15) is 5.82 Å². The van der Waals surface area contributed by atoms with Crippen LogP contribution in [0, 0.1) is 5.82 Å². The van der Waals surface area contributed by atoms with E-state index in [1.165, 1.54) is 32.4 Å². The Hall–Kier alpha value is -0.890. The van der Waals surface area contributed by atoms with Gasteiger partial charge in [-0.2, -0.15) is 0 Å². The van der Waals surface area contributed by atoms with Crippen LogP contribution in [0.5, 0.6) is 0 Å². The van der Waals surface area contributed by atoms with Crippen LogP contribution in [0.25, 0.3) is 0 Å². The zero-order chi connectivity index (χ0) is 11.4. The predicted molar refractivity (Wildman–Crippen MR) is 65.1 cm³/mol. The smallest absolute Gasteiger partial charge is 0.126 e. The number of halogens is 1. The Morgan fingerprint density at radius 2 is 1.88 bits per heavy atom. The monoisotopic (exact) mass is 221 g/mol. The standard InChI is InChI=1S/C14H20FN/c1-12(11-16-9-5-2-6-10-16)13-7-3-4-8-14(13)15/h3-4,7-8,12H,2,5-6,9-11H2,1H3. The van der Waals surface area contributed by atoms with E-state index in [2.05, 4.69) is 11.8 Å². The molecule has 0 aliphatic carbocycles. The Morgan fingerprint density at radius 1 is 1.19 bits per heavy atom. The van der Waals surface area contributed by atoms with Gasteiger partial charge in [-0.1, -0.05) is 31.5 Å². The van der Waals surface area contributed by atoms with E-state index < -0.39 is 0 Å². The molecule has 0 spiro atoms. The average Bonchev–Trinajstić information content (AvgIpc) is 2.31. The van der Waals surface area contributed by atoms with Crippen molar-refractivity contribution in [3.8, 4) is 0 Å². The van der Waals surface area contributed by atoms with Crippen molar-refractivity contribution in [3.63, 3.8) is 0 Å². The number of benzene rings is 1. The van der Waals surface area contributed by atoms with Crippen LogP contribution in [0.15, 0.2) is 24.3 Å². The number of likely N-dealkylation sites (tertiary alicyclic amines) is 1. The Morgan fingerprint density at radius 3 is 2.56 bits per heavy atom. The summed E-state index contributed by atoms with van der Waals surface area (Å²) in [5, 5.41) is 0. The first-order chi connectivity index (χ1) is 7.77. The molecule has 0 saturated carbocycles. The van der Waals surface area contributed by atoms with Gasteiger partial charge in [0.15, 0.2) is 0 Å². The van der Waals surface area contributed by atoms with Gasteiger partial charge in [-0.25, -0.2) is 4.39 Å². The molecule has 0 amide bonds. The Labute approximate surface area is 97.3 Å². The molecule has 1 atom stereocenters. The summed E-state index contributed by atoms with van der Waals surface area (Å²) in [5.41, 5.74) is 0.855. The first-order valence-electron chi connectivity index (χ1n) is 6.24. The fourth-order valence-electron chi connectivity index (χ4n) is 2.50. The van der Waals surface area contributed by atoms with Crippen molar-refractivity contribution in [2.24, 2.45) is 0 Å². The maximum absolute atomic E-state index is 13.6. The second-order valence-corrected chi connectivity index (χ2v) is 4.78. The summed E-state index contributed by atoms with van der Waals surface area (Å²) >= 11 is 0. The van der Waals surface area contributed by atoms with Gasteiger partial charge in [0, 0.05) is 6.54 Å². The maximum atomic E-state index is 13.6. The molecular formula is C14H20FN. The predicted octanol–water partition coefficient (Wildman–Crippen LogP) is 3.42. The third kappa shape index (κ3) is 2.82. The van der Waals surface area contributed by atoms with Gasteiger partial charge < -0.3 is 4.90 Å². The van der Waals surface area contributed by atoms with Crippen LogP contribution in [0.3, 0.4) is 0 Å². The lowest BCUT2D eigenvalue weighted by Crippen LogP contribution is -2.33. The van der Waals surface area contributed by atoms with Crippen molar-refractivity contribution in [1.29, 1.82) is 0 Å². The molecule has 1 aliphatic rings. The second kappa shape index (κ2) is 5.44. The summed E-state index contributed by atoms with van der Waals surface area (Å²) in [5.74, 6) is 0.228. The molecule has 1 fully saturated rings. The van der Waals surface area contributed by atoms with Gasteiger partial charge in [-0.05, 0) is 43.5 Å². The van der Waals surface area contributed by atoms with Gasteiger partial charge >= 0.3 is 0 Å². The highest BCUT2D eigenvalue weighted by atomic mass is 19.1. The summed E-state index contributed by atoms with van der Waals surface area (Å²) in [4.78, 5) is 2.46. The van der Waals surface area contributed by atoms with E-state index in [4.69, 9.17) is 0 Å². The lowest BCUT2D eigenvalue weighted by molar-refractivity contribution is 0.218. The molecule has 0 aromatic heterocycles. The molecular weight excluding hydrogens is 201 g/mol. The van der Waals surface area contributed by atoms with Crippen molar-refractivity contribution < 1.29 is 4.39 Å². The van der Waals surface area contributed by atoms with E-state index >= 15 is 0 Å².